The summed E-state index contributed by atoms with van der Waals surface area (Å²) in [6.45, 7) is 8.32. The van der Waals surface area contributed by atoms with E-state index in [0.717, 1.165) is 35.3 Å². The lowest BCUT2D eigenvalue weighted by Crippen LogP contribution is -2.37. The summed E-state index contributed by atoms with van der Waals surface area (Å²) < 4.78 is 47.0. The lowest BCUT2D eigenvalue weighted by atomic mass is 10.1. The van der Waals surface area contributed by atoms with Gasteiger partial charge in [-0.2, -0.15) is 0 Å². The van der Waals surface area contributed by atoms with E-state index in [-0.39, 0.29) is 5.75 Å². The van der Waals surface area contributed by atoms with Crippen LogP contribution < -0.4 is 14.4 Å². The van der Waals surface area contributed by atoms with Crippen molar-refractivity contribution in [1.82, 2.24) is 4.98 Å². The molecular weight excluding hydrogens is 497 g/mol. The molecule has 0 spiro atoms. The number of nitrogens with zero attached hydrogens (tertiary/aromatic N) is 2. The molecular formula is C29H33F3N2O4. The summed E-state index contributed by atoms with van der Waals surface area (Å²) in [7, 11) is 0. The van der Waals surface area contributed by atoms with Gasteiger partial charge in [0.2, 0.25) is 0 Å². The molecule has 1 aromatic heterocycles. The molecule has 3 aromatic rings. The highest BCUT2D eigenvalue weighted by Crippen LogP contribution is 2.25. The number of anilines is 1. The minimum atomic E-state index is -4.73. The van der Waals surface area contributed by atoms with Gasteiger partial charge in [-0.1, -0.05) is 44.2 Å². The zero-order valence-electron chi connectivity index (χ0n) is 22.0. The number of pyridine rings is 1. The Bertz CT molecular complexity index is 1180. The van der Waals surface area contributed by atoms with Crippen molar-refractivity contribution in [3.05, 3.63) is 83.6 Å². The number of carboxylic acid groups (broad SMARTS) is 1. The number of carboxylic acids is 1. The summed E-state index contributed by atoms with van der Waals surface area (Å²) >= 11 is 0. The first-order valence-corrected chi connectivity index (χ1v) is 12.4. The standard InChI is InChI=1S/C29H33F3N2O4/c1-20(2)23-11-16-26(33-18-23)34(19-22-9-14-25(15-10-22)38-29(30,31)32)17-5-6-21-7-12-24(13-8-21)37-28(3,4)27(35)36/h7-16,18,20H,5-6,17,19H2,1-4H3,(H,35,36). The average Bonchev–Trinajstić information content (AvgIpc) is 2.84. The van der Waals surface area contributed by atoms with Gasteiger partial charge in [0.15, 0.2) is 5.60 Å². The molecule has 0 aliphatic carbocycles. The number of rotatable bonds is 12. The van der Waals surface area contributed by atoms with Crippen LogP contribution in [0.2, 0.25) is 0 Å². The third-order valence-corrected chi connectivity index (χ3v) is 6.00. The van der Waals surface area contributed by atoms with Gasteiger partial charge >= 0.3 is 12.3 Å². The molecule has 1 N–H and O–H groups in total. The van der Waals surface area contributed by atoms with Gasteiger partial charge in [-0.25, -0.2) is 9.78 Å². The lowest BCUT2D eigenvalue weighted by Gasteiger charge is -2.25. The van der Waals surface area contributed by atoms with Crippen molar-refractivity contribution in [1.29, 1.82) is 0 Å². The molecule has 0 radical (unpaired) electrons. The summed E-state index contributed by atoms with van der Waals surface area (Å²) in [4.78, 5) is 18.0. The molecule has 38 heavy (non-hydrogen) atoms. The van der Waals surface area contributed by atoms with E-state index in [9.17, 15) is 23.1 Å². The van der Waals surface area contributed by atoms with Crippen molar-refractivity contribution in [3.63, 3.8) is 0 Å². The van der Waals surface area contributed by atoms with Crippen LogP contribution in [0.5, 0.6) is 11.5 Å². The maximum atomic E-state index is 12.5. The molecule has 2 aromatic carbocycles. The number of ether oxygens (including phenoxy) is 2. The van der Waals surface area contributed by atoms with Crippen LogP contribution in [0.3, 0.4) is 0 Å². The van der Waals surface area contributed by atoms with E-state index in [4.69, 9.17) is 4.74 Å². The zero-order chi connectivity index (χ0) is 27.9. The van der Waals surface area contributed by atoms with E-state index in [1.165, 1.54) is 26.0 Å². The molecule has 204 valence electrons. The van der Waals surface area contributed by atoms with Crippen LogP contribution >= 0.6 is 0 Å². The van der Waals surface area contributed by atoms with Crippen LogP contribution in [0.1, 0.15) is 56.7 Å². The highest BCUT2D eigenvalue weighted by Gasteiger charge is 2.31. The molecule has 0 amide bonds. The Morgan fingerprint density at radius 1 is 0.921 bits per heavy atom. The number of aromatic nitrogens is 1. The number of aliphatic carboxylic acids is 1. The van der Waals surface area contributed by atoms with Crippen LogP contribution in [0.25, 0.3) is 0 Å². The van der Waals surface area contributed by atoms with Crippen molar-refractivity contribution in [2.45, 2.75) is 65.0 Å². The van der Waals surface area contributed by atoms with Crippen molar-refractivity contribution < 1.29 is 32.5 Å². The molecule has 0 bridgehead atoms. The Kier molecular flexibility index (Phi) is 9.25. The molecule has 6 nitrogen and oxygen atoms in total. The largest absolute Gasteiger partial charge is 0.573 e. The zero-order valence-corrected chi connectivity index (χ0v) is 22.0. The van der Waals surface area contributed by atoms with Gasteiger partial charge in [-0.15, -0.1) is 13.2 Å². The maximum Gasteiger partial charge on any atom is 0.573 e. The number of carbonyl (C=O) groups is 1. The minimum Gasteiger partial charge on any atom is -0.478 e. The van der Waals surface area contributed by atoms with Crippen molar-refractivity contribution in [2.75, 3.05) is 11.4 Å². The number of alkyl halides is 3. The van der Waals surface area contributed by atoms with Gasteiger partial charge in [-0.05, 0) is 79.6 Å². The molecule has 9 heteroatoms. The SMILES string of the molecule is CC(C)c1ccc(N(CCCc2ccc(OC(C)(C)C(=O)O)cc2)Cc2ccc(OC(F)(F)F)cc2)nc1. The average molecular weight is 531 g/mol. The van der Waals surface area contributed by atoms with Gasteiger partial charge in [0.25, 0.3) is 0 Å². The van der Waals surface area contributed by atoms with E-state index in [1.807, 2.05) is 30.5 Å². The van der Waals surface area contributed by atoms with Crippen LogP contribution in [0.4, 0.5) is 19.0 Å². The molecule has 3 rings (SSSR count). The van der Waals surface area contributed by atoms with E-state index in [0.29, 0.717) is 24.8 Å². The van der Waals surface area contributed by atoms with Crippen LogP contribution in [-0.2, 0) is 17.8 Å². The number of benzene rings is 2. The van der Waals surface area contributed by atoms with Crippen LogP contribution in [0.15, 0.2) is 66.9 Å². The highest BCUT2D eigenvalue weighted by molar-refractivity contribution is 5.76. The van der Waals surface area contributed by atoms with Crippen molar-refractivity contribution in [3.8, 4) is 11.5 Å². The van der Waals surface area contributed by atoms with Crippen molar-refractivity contribution >= 4 is 11.8 Å². The molecule has 0 atom stereocenters. The van der Waals surface area contributed by atoms with E-state index in [1.54, 1.807) is 24.3 Å². The lowest BCUT2D eigenvalue weighted by molar-refractivity contribution is -0.274. The summed E-state index contributed by atoms with van der Waals surface area (Å²) in [6.07, 6.45) is -1.32. The minimum absolute atomic E-state index is 0.258. The second-order valence-electron chi connectivity index (χ2n) is 9.88. The van der Waals surface area contributed by atoms with Gasteiger partial charge in [0, 0.05) is 19.3 Å². The Morgan fingerprint density at radius 3 is 2.00 bits per heavy atom. The topological polar surface area (TPSA) is 71.9 Å². The first kappa shape index (κ1) is 28.8. The van der Waals surface area contributed by atoms with Crippen LogP contribution in [-0.4, -0.2) is 34.6 Å². The first-order chi connectivity index (χ1) is 17.8. The predicted octanol–water partition coefficient (Wildman–Crippen LogP) is 6.99. The number of hydrogen-bond donors (Lipinski definition) is 1. The summed E-state index contributed by atoms with van der Waals surface area (Å²) in [5.41, 5.74) is 1.70. The highest BCUT2D eigenvalue weighted by atomic mass is 19.4. The molecule has 0 fully saturated rings. The summed E-state index contributed by atoms with van der Waals surface area (Å²) in [6, 6.07) is 17.2. The molecule has 1 heterocycles. The van der Waals surface area contributed by atoms with Gasteiger partial charge < -0.3 is 19.5 Å². The van der Waals surface area contributed by atoms with Gasteiger partial charge in [0.05, 0.1) is 0 Å². The number of aryl methyl sites for hydroxylation is 1. The van der Waals surface area contributed by atoms with Gasteiger partial charge in [-0.3, -0.25) is 0 Å². The predicted molar refractivity (Wildman–Crippen MR) is 140 cm³/mol. The third kappa shape index (κ3) is 8.68. The fourth-order valence-corrected chi connectivity index (χ4v) is 3.75. The first-order valence-electron chi connectivity index (χ1n) is 12.4. The monoisotopic (exact) mass is 530 g/mol. The van der Waals surface area contributed by atoms with Crippen LogP contribution in [0, 0.1) is 0 Å². The van der Waals surface area contributed by atoms with Gasteiger partial charge in [0.1, 0.15) is 17.3 Å². The third-order valence-electron chi connectivity index (χ3n) is 6.00. The van der Waals surface area contributed by atoms with E-state index in [2.05, 4.69) is 28.5 Å². The Hall–Kier alpha value is -3.75. The Balaban J connectivity index is 1.67. The molecule has 0 aliphatic heterocycles. The Morgan fingerprint density at radius 2 is 1.50 bits per heavy atom. The molecule has 0 saturated heterocycles. The molecule has 0 aliphatic rings. The quantitative estimate of drug-likeness (QED) is 0.272. The fourth-order valence-electron chi connectivity index (χ4n) is 3.75. The number of halogens is 3. The maximum absolute atomic E-state index is 12.5. The Labute approximate surface area is 221 Å². The van der Waals surface area contributed by atoms with E-state index >= 15 is 0 Å². The summed E-state index contributed by atoms with van der Waals surface area (Å²) in [5.74, 6) is 0.310. The van der Waals surface area contributed by atoms with Crippen molar-refractivity contribution in [2.24, 2.45) is 0 Å². The summed E-state index contributed by atoms with van der Waals surface area (Å²) in [5, 5.41) is 9.24. The normalized spacial score (nSPS) is 11.9. The number of hydrogen-bond acceptors (Lipinski definition) is 5. The van der Waals surface area contributed by atoms with E-state index < -0.39 is 17.9 Å². The molecule has 0 saturated carbocycles. The molecule has 0 unspecified atom stereocenters. The fraction of sp³-hybridized carbons (Fsp3) is 0.379. The second kappa shape index (κ2) is 12.2. The smallest absolute Gasteiger partial charge is 0.478 e. The second-order valence-corrected chi connectivity index (χ2v) is 9.88.